The Labute approximate surface area is 68.5 Å². The Hall–Kier alpha value is -1.22. The number of rotatable bonds is 1. The second-order valence-electron chi connectivity index (χ2n) is 2.03. The van der Waals surface area contributed by atoms with Crippen LogP contribution in [0.25, 0.3) is 10.4 Å². The van der Waals surface area contributed by atoms with E-state index in [4.69, 9.17) is 0 Å². The summed E-state index contributed by atoms with van der Waals surface area (Å²) in [5.74, 6) is 0. The molecule has 2 aromatic heterocycles. The molecule has 2 rings (SSSR count). The van der Waals surface area contributed by atoms with E-state index >= 15 is 0 Å². The van der Waals surface area contributed by atoms with Crippen molar-refractivity contribution in [2.24, 2.45) is 0 Å². The molecule has 0 spiro atoms. The summed E-state index contributed by atoms with van der Waals surface area (Å²) in [7, 11) is 0. The predicted molar refractivity (Wildman–Crippen MR) is 44.2 cm³/mol. The Balaban J connectivity index is 2.46. The first-order chi connectivity index (χ1) is 5.47. The zero-order valence-corrected chi connectivity index (χ0v) is 6.51. The second-order valence-corrected chi connectivity index (χ2v) is 2.98. The number of aromatic nitrogens is 2. The molecule has 0 fully saturated rings. The maximum Gasteiger partial charge on any atom is 0.123 e. The van der Waals surface area contributed by atoms with Gasteiger partial charge in [-0.15, -0.1) is 16.4 Å². The van der Waals surface area contributed by atoms with Crippen LogP contribution in [0.15, 0.2) is 29.8 Å². The lowest BCUT2D eigenvalue weighted by molar-refractivity contribution is 1.03. The molecule has 0 amide bonds. The summed E-state index contributed by atoms with van der Waals surface area (Å²) in [6, 6.07) is 5.95. The fraction of sp³-hybridized carbons (Fsp3) is 0. The molecule has 2 nitrogen and oxygen atoms in total. The molecule has 0 atom stereocenters. The lowest BCUT2D eigenvalue weighted by atomic mass is 10.3. The van der Waals surface area contributed by atoms with E-state index in [1.807, 2.05) is 23.6 Å². The van der Waals surface area contributed by atoms with Gasteiger partial charge in [-0.3, -0.25) is 0 Å². The first kappa shape index (κ1) is 6.49. The minimum Gasteiger partial charge on any atom is -0.158 e. The smallest absolute Gasteiger partial charge is 0.123 e. The summed E-state index contributed by atoms with van der Waals surface area (Å²) < 4.78 is 0. The van der Waals surface area contributed by atoms with Crippen LogP contribution in [0.1, 0.15) is 0 Å². The van der Waals surface area contributed by atoms with Gasteiger partial charge < -0.3 is 0 Å². The maximum atomic E-state index is 3.67. The largest absolute Gasteiger partial charge is 0.158 e. The number of nitrogens with zero attached hydrogens (tertiary/aromatic N) is 2. The highest BCUT2D eigenvalue weighted by atomic mass is 32.1. The van der Waals surface area contributed by atoms with Crippen LogP contribution in [-0.4, -0.2) is 10.2 Å². The number of hydrogen-bond donors (Lipinski definition) is 0. The maximum absolute atomic E-state index is 3.67. The molecule has 3 heteroatoms. The van der Waals surface area contributed by atoms with Crippen molar-refractivity contribution in [1.29, 1.82) is 0 Å². The third kappa shape index (κ3) is 1.28. The highest BCUT2D eigenvalue weighted by Crippen LogP contribution is 2.21. The van der Waals surface area contributed by atoms with Crippen molar-refractivity contribution in [3.63, 3.8) is 0 Å². The van der Waals surface area contributed by atoms with Crippen LogP contribution in [0.2, 0.25) is 0 Å². The van der Waals surface area contributed by atoms with Gasteiger partial charge in [0.1, 0.15) is 6.20 Å². The van der Waals surface area contributed by atoms with E-state index in [9.17, 15) is 0 Å². The molecule has 0 aromatic carbocycles. The molecule has 2 heterocycles. The molecule has 0 aliphatic heterocycles. The van der Waals surface area contributed by atoms with Gasteiger partial charge in [0.25, 0.3) is 0 Å². The van der Waals surface area contributed by atoms with E-state index in [1.165, 1.54) is 4.88 Å². The lowest BCUT2D eigenvalue weighted by Crippen LogP contribution is -1.79. The van der Waals surface area contributed by atoms with Crippen molar-refractivity contribution >= 4 is 11.3 Å². The Morgan fingerprint density at radius 2 is 2.36 bits per heavy atom. The van der Waals surface area contributed by atoms with Gasteiger partial charge >= 0.3 is 0 Å². The van der Waals surface area contributed by atoms with Gasteiger partial charge in [0.05, 0.1) is 6.20 Å². The first-order valence-corrected chi connectivity index (χ1v) is 4.08. The molecule has 11 heavy (non-hydrogen) atoms. The van der Waals surface area contributed by atoms with E-state index in [0.29, 0.717) is 0 Å². The van der Waals surface area contributed by atoms with Crippen molar-refractivity contribution < 1.29 is 0 Å². The fourth-order valence-electron chi connectivity index (χ4n) is 0.830. The fourth-order valence-corrected chi connectivity index (χ4v) is 1.53. The molecule has 0 saturated carbocycles. The Morgan fingerprint density at radius 1 is 1.36 bits per heavy atom. The van der Waals surface area contributed by atoms with E-state index in [2.05, 4.69) is 16.4 Å². The minimum atomic E-state index is 1.01. The zero-order chi connectivity index (χ0) is 7.52. The minimum absolute atomic E-state index is 1.01. The van der Waals surface area contributed by atoms with Crippen molar-refractivity contribution in [2.75, 3.05) is 0 Å². The zero-order valence-electron chi connectivity index (χ0n) is 5.69. The Kier molecular flexibility index (Phi) is 1.65. The van der Waals surface area contributed by atoms with Crippen LogP contribution in [-0.2, 0) is 0 Å². The number of hydrogen-bond acceptors (Lipinski definition) is 3. The highest BCUT2D eigenvalue weighted by Gasteiger charge is 1.96. The molecule has 0 aliphatic carbocycles. The topological polar surface area (TPSA) is 25.8 Å². The monoisotopic (exact) mass is 161 g/mol. The van der Waals surface area contributed by atoms with Crippen molar-refractivity contribution in [3.05, 3.63) is 36.0 Å². The molecule has 0 saturated heterocycles. The van der Waals surface area contributed by atoms with Gasteiger partial charge in [-0.1, -0.05) is 6.07 Å². The van der Waals surface area contributed by atoms with E-state index in [0.717, 1.165) is 5.56 Å². The normalized spacial score (nSPS) is 9.82. The van der Waals surface area contributed by atoms with Crippen molar-refractivity contribution in [1.82, 2.24) is 10.2 Å². The molecule has 2 aromatic rings. The molecular formula is C8H5N2S. The summed E-state index contributed by atoms with van der Waals surface area (Å²) in [5.41, 5.74) is 1.01. The average molecular weight is 161 g/mol. The summed E-state index contributed by atoms with van der Waals surface area (Å²) >= 11 is 1.68. The molecular weight excluding hydrogens is 156 g/mol. The SMILES string of the molecule is [c]1nnccc1-c1cccs1. The van der Waals surface area contributed by atoms with Crippen molar-refractivity contribution in [2.45, 2.75) is 0 Å². The van der Waals surface area contributed by atoms with Crippen LogP contribution in [0.4, 0.5) is 0 Å². The highest BCUT2D eigenvalue weighted by molar-refractivity contribution is 7.13. The summed E-state index contributed by atoms with van der Waals surface area (Å²) in [5, 5.41) is 9.36. The molecule has 0 unspecified atom stereocenters. The van der Waals surface area contributed by atoms with E-state index < -0.39 is 0 Å². The van der Waals surface area contributed by atoms with Gasteiger partial charge in [-0.25, -0.2) is 0 Å². The Morgan fingerprint density at radius 3 is 3.00 bits per heavy atom. The predicted octanol–water partition coefficient (Wildman–Crippen LogP) is 2.01. The van der Waals surface area contributed by atoms with Crippen molar-refractivity contribution in [3.8, 4) is 10.4 Å². The van der Waals surface area contributed by atoms with Gasteiger partial charge in [0, 0.05) is 10.4 Å². The van der Waals surface area contributed by atoms with Gasteiger partial charge in [0.15, 0.2) is 0 Å². The molecule has 0 aliphatic rings. The van der Waals surface area contributed by atoms with E-state index in [-0.39, 0.29) is 0 Å². The summed E-state index contributed by atoms with van der Waals surface area (Å²) in [6.07, 6.45) is 4.49. The van der Waals surface area contributed by atoms with E-state index in [1.54, 1.807) is 17.5 Å². The third-order valence-corrected chi connectivity index (χ3v) is 2.23. The third-order valence-electron chi connectivity index (χ3n) is 1.32. The lowest BCUT2D eigenvalue weighted by Gasteiger charge is -1.90. The van der Waals surface area contributed by atoms with Gasteiger partial charge in [0.2, 0.25) is 0 Å². The number of thiophene rings is 1. The standard InChI is InChI=1S/C8H5N2S/c1-2-8(11-5-1)7-3-4-9-10-6-7/h1-5H. The van der Waals surface area contributed by atoms with Crippen LogP contribution in [0, 0.1) is 6.20 Å². The van der Waals surface area contributed by atoms with Crippen LogP contribution in [0.5, 0.6) is 0 Å². The molecule has 1 radical (unpaired) electrons. The second kappa shape index (κ2) is 2.80. The summed E-state index contributed by atoms with van der Waals surface area (Å²) in [4.78, 5) is 1.18. The molecule has 53 valence electrons. The van der Waals surface area contributed by atoms with Crippen LogP contribution in [0.3, 0.4) is 0 Å². The van der Waals surface area contributed by atoms with Gasteiger partial charge in [-0.2, -0.15) is 5.10 Å². The average Bonchev–Trinajstić information content (AvgIpc) is 2.58. The van der Waals surface area contributed by atoms with Crippen LogP contribution < -0.4 is 0 Å². The molecule has 0 N–H and O–H groups in total. The van der Waals surface area contributed by atoms with Crippen LogP contribution >= 0.6 is 11.3 Å². The summed E-state index contributed by atoms with van der Waals surface area (Å²) in [6.45, 7) is 0. The molecule has 0 bridgehead atoms. The van der Waals surface area contributed by atoms with Gasteiger partial charge in [-0.05, 0) is 17.5 Å². The Bertz CT molecular complexity index is 315. The first-order valence-electron chi connectivity index (χ1n) is 3.20. The quantitative estimate of drug-likeness (QED) is 0.639.